The van der Waals surface area contributed by atoms with Gasteiger partial charge < -0.3 is 4.90 Å². The Morgan fingerprint density at radius 1 is 1.19 bits per heavy atom. The molecule has 0 heterocycles. The number of hydrogen-bond donors (Lipinski definition) is 1. The van der Waals surface area contributed by atoms with Crippen LogP contribution in [-0.2, 0) is 0 Å². The molecule has 1 unspecified atom stereocenters. The maximum absolute atomic E-state index is 8.14. The van der Waals surface area contributed by atoms with Crippen LogP contribution in [0.25, 0.3) is 0 Å². The van der Waals surface area contributed by atoms with E-state index in [-0.39, 0.29) is 0 Å². The second-order valence-electron chi connectivity index (χ2n) is 4.80. The van der Waals surface area contributed by atoms with Gasteiger partial charge in [0.05, 0.1) is 0 Å². The Hall–Kier alpha value is -1.31. The van der Waals surface area contributed by atoms with Gasteiger partial charge >= 0.3 is 0 Å². The molecular weight excluding hydrogens is 196 g/mol. The van der Waals surface area contributed by atoms with Crippen LogP contribution in [-0.4, -0.2) is 23.8 Å². The third kappa shape index (κ3) is 3.37. The summed E-state index contributed by atoms with van der Waals surface area (Å²) in [6.07, 6.45) is 1.12. The summed E-state index contributed by atoms with van der Waals surface area (Å²) in [6, 6.07) is 10.3. The molecule has 1 aromatic carbocycles. The molecule has 2 nitrogen and oxygen atoms in total. The van der Waals surface area contributed by atoms with Crippen LogP contribution in [0.15, 0.2) is 30.3 Å². The normalized spacial score (nSPS) is 12.6. The van der Waals surface area contributed by atoms with Crippen LogP contribution in [0.1, 0.15) is 32.8 Å². The van der Waals surface area contributed by atoms with Crippen molar-refractivity contribution in [3.05, 3.63) is 35.9 Å². The molecule has 0 aliphatic carbocycles. The molecule has 0 saturated heterocycles. The number of amidine groups is 1. The van der Waals surface area contributed by atoms with Crippen LogP contribution in [0.2, 0.25) is 0 Å². The molecule has 16 heavy (non-hydrogen) atoms. The fraction of sp³-hybridized carbons (Fsp3) is 0.500. The van der Waals surface area contributed by atoms with Crippen molar-refractivity contribution in [2.24, 2.45) is 5.92 Å². The predicted octanol–water partition coefficient (Wildman–Crippen LogP) is 3.38. The first-order chi connectivity index (χ1) is 7.52. The first kappa shape index (κ1) is 12.8. The molecular formula is C14H22N2. The maximum Gasteiger partial charge on any atom is 0.128 e. The zero-order valence-corrected chi connectivity index (χ0v) is 10.7. The minimum absolute atomic E-state index is 0.410. The topological polar surface area (TPSA) is 27.1 Å². The van der Waals surface area contributed by atoms with E-state index in [9.17, 15) is 0 Å². The van der Waals surface area contributed by atoms with Gasteiger partial charge in [-0.1, -0.05) is 44.2 Å². The molecule has 0 spiro atoms. The number of hydrogen-bond acceptors (Lipinski definition) is 1. The predicted molar refractivity (Wildman–Crippen MR) is 70.0 cm³/mol. The average Bonchev–Trinajstić information content (AvgIpc) is 2.27. The number of rotatable bonds is 4. The monoisotopic (exact) mass is 218 g/mol. The van der Waals surface area contributed by atoms with Crippen molar-refractivity contribution in [1.29, 1.82) is 5.41 Å². The van der Waals surface area contributed by atoms with Crippen LogP contribution >= 0.6 is 0 Å². The largest absolute Gasteiger partial charge is 0.357 e. The molecule has 88 valence electrons. The first-order valence-electron chi connectivity index (χ1n) is 5.89. The van der Waals surface area contributed by atoms with Crippen molar-refractivity contribution >= 4 is 5.84 Å². The second-order valence-corrected chi connectivity index (χ2v) is 4.80. The summed E-state index contributed by atoms with van der Waals surface area (Å²) in [6.45, 7) is 6.62. The molecule has 0 aromatic heterocycles. The minimum atomic E-state index is 0.410. The highest BCUT2D eigenvalue weighted by atomic mass is 15.2. The van der Waals surface area contributed by atoms with Crippen molar-refractivity contribution in [2.45, 2.75) is 33.2 Å². The van der Waals surface area contributed by atoms with E-state index in [0.29, 0.717) is 17.8 Å². The Balaban J connectivity index is 2.67. The van der Waals surface area contributed by atoms with E-state index in [1.165, 1.54) is 0 Å². The van der Waals surface area contributed by atoms with Crippen molar-refractivity contribution in [1.82, 2.24) is 4.90 Å². The van der Waals surface area contributed by atoms with Crippen LogP contribution in [0.3, 0.4) is 0 Å². The molecule has 1 aromatic rings. The van der Waals surface area contributed by atoms with Gasteiger partial charge in [-0.3, -0.25) is 5.41 Å². The molecule has 0 aliphatic heterocycles. The van der Waals surface area contributed by atoms with Gasteiger partial charge in [0.1, 0.15) is 5.84 Å². The van der Waals surface area contributed by atoms with Crippen LogP contribution in [0, 0.1) is 11.3 Å². The van der Waals surface area contributed by atoms with Crippen molar-refractivity contribution in [3.63, 3.8) is 0 Å². The zero-order valence-electron chi connectivity index (χ0n) is 10.7. The Labute approximate surface area is 98.8 Å². The van der Waals surface area contributed by atoms with Crippen molar-refractivity contribution < 1.29 is 0 Å². The molecule has 0 aliphatic rings. The second kappa shape index (κ2) is 5.69. The summed E-state index contributed by atoms with van der Waals surface area (Å²) in [4.78, 5) is 2.05. The lowest BCUT2D eigenvalue weighted by atomic mass is 10.0. The Kier molecular flexibility index (Phi) is 4.53. The highest BCUT2D eigenvalue weighted by molar-refractivity contribution is 5.96. The van der Waals surface area contributed by atoms with Gasteiger partial charge in [-0.05, 0) is 19.3 Å². The average molecular weight is 218 g/mol. The maximum atomic E-state index is 8.14. The molecule has 1 N–H and O–H groups in total. The van der Waals surface area contributed by atoms with E-state index in [1.54, 1.807) is 0 Å². The first-order valence-corrected chi connectivity index (χ1v) is 5.89. The third-order valence-corrected chi connectivity index (χ3v) is 2.87. The SMILES string of the molecule is CC(C)CC(C)N(C)C(=N)c1ccccc1. The van der Waals surface area contributed by atoms with E-state index in [0.717, 1.165) is 12.0 Å². The minimum Gasteiger partial charge on any atom is -0.357 e. The molecule has 0 fully saturated rings. The molecule has 0 bridgehead atoms. The van der Waals surface area contributed by atoms with E-state index >= 15 is 0 Å². The molecule has 1 rings (SSSR count). The third-order valence-electron chi connectivity index (χ3n) is 2.87. The Bertz CT molecular complexity index is 330. The molecule has 0 radical (unpaired) electrons. The lowest BCUT2D eigenvalue weighted by Crippen LogP contribution is -2.35. The summed E-state index contributed by atoms with van der Waals surface area (Å²) >= 11 is 0. The highest BCUT2D eigenvalue weighted by Gasteiger charge is 2.14. The Morgan fingerprint density at radius 2 is 1.75 bits per heavy atom. The lowest BCUT2D eigenvalue weighted by molar-refractivity contribution is 0.332. The van der Waals surface area contributed by atoms with Gasteiger partial charge in [-0.15, -0.1) is 0 Å². The van der Waals surface area contributed by atoms with E-state index in [2.05, 4.69) is 25.7 Å². The lowest BCUT2D eigenvalue weighted by Gasteiger charge is -2.28. The molecule has 2 heteroatoms. The van der Waals surface area contributed by atoms with Gasteiger partial charge in [0.2, 0.25) is 0 Å². The van der Waals surface area contributed by atoms with Crippen LogP contribution in [0.4, 0.5) is 0 Å². The fourth-order valence-electron chi connectivity index (χ4n) is 1.86. The number of nitrogens with zero attached hydrogens (tertiary/aromatic N) is 1. The van der Waals surface area contributed by atoms with Crippen molar-refractivity contribution in [2.75, 3.05) is 7.05 Å². The smallest absolute Gasteiger partial charge is 0.128 e. The molecule has 1 atom stereocenters. The highest BCUT2D eigenvalue weighted by Crippen LogP contribution is 2.12. The number of benzene rings is 1. The standard InChI is InChI=1S/C14H22N2/c1-11(2)10-12(3)16(4)14(15)13-8-6-5-7-9-13/h5-9,11-12,15H,10H2,1-4H3. The quantitative estimate of drug-likeness (QED) is 0.609. The van der Waals surface area contributed by atoms with Gasteiger partial charge in [-0.25, -0.2) is 0 Å². The van der Waals surface area contributed by atoms with Gasteiger partial charge in [0.15, 0.2) is 0 Å². The van der Waals surface area contributed by atoms with E-state index < -0.39 is 0 Å². The number of nitrogens with one attached hydrogen (secondary N) is 1. The van der Waals surface area contributed by atoms with Gasteiger partial charge in [0, 0.05) is 18.7 Å². The summed E-state index contributed by atoms with van der Waals surface area (Å²) in [5.41, 5.74) is 0.987. The van der Waals surface area contributed by atoms with Gasteiger partial charge in [-0.2, -0.15) is 0 Å². The van der Waals surface area contributed by atoms with E-state index in [1.807, 2.05) is 37.4 Å². The Morgan fingerprint density at radius 3 is 2.25 bits per heavy atom. The fourth-order valence-corrected chi connectivity index (χ4v) is 1.86. The van der Waals surface area contributed by atoms with Crippen LogP contribution in [0.5, 0.6) is 0 Å². The van der Waals surface area contributed by atoms with Gasteiger partial charge in [0.25, 0.3) is 0 Å². The van der Waals surface area contributed by atoms with Crippen LogP contribution < -0.4 is 0 Å². The zero-order chi connectivity index (χ0) is 12.1. The summed E-state index contributed by atoms with van der Waals surface area (Å²) < 4.78 is 0. The molecule has 0 saturated carbocycles. The van der Waals surface area contributed by atoms with Crippen molar-refractivity contribution in [3.8, 4) is 0 Å². The van der Waals surface area contributed by atoms with E-state index in [4.69, 9.17) is 5.41 Å². The summed E-state index contributed by atoms with van der Waals surface area (Å²) in [5, 5.41) is 8.14. The molecule has 0 amide bonds. The summed E-state index contributed by atoms with van der Waals surface area (Å²) in [5.74, 6) is 1.27. The summed E-state index contributed by atoms with van der Waals surface area (Å²) in [7, 11) is 2.00.